The summed E-state index contributed by atoms with van der Waals surface area (Å²) < 4.78 is 44.5. The van der Waals surface area contributed by atoms with E-state index < -0.39 is 17.8 Å². The Kier molecular flexibility index (Phi) is 9.31. The highest BCUT2D eigenvalue weighted by Gasteiger charge is 2.39. The van der Waals surface area contributed by atoms with Crippen LogP contribution in [0.4, 0.5) is 18.9 Å². The molecular weight excluding hydrogens is 627 g/mol. The second-order valence-electron chi connectivity index (χ2n) is 12.0. The molecule has 2 aliphatic rings. The number of pyridine rings is 1. The van der Waals surface area contributed by atoms with Crippen molar-refractivity contribution in [3.63, 3.8) is 0 Å². The molecule has 252 valence electrons. The van der Waals surface area contributed by atoms with Crippen molar-refractivity contribution in [2.45, 2.75) is 32.5 Å². The van der Waals surface area contributed by atoms with E-state index in [1.807, 2.05) is 11.8 Å². The van der Waals surface area contributed by atoms with Crippen LogP contribution in [-0.4, -0.2) is 91.1 Å². The summed E-state index contributed by atoms with van der Waals surface area (Å²) in [5.41, 5.74) is 1.10. The minimum absolute atomic E-state index is 0.00157. The van der Waals surface area contributed by atoms with Crippen molar-refractivity contribution < 1.29 is 27.6 Å². The van der Waals surface area contributed by atoms with Gasteiger partial charge in [-0.2, -0.15) is 18.3 Å². The number of nitrogens with zero attached hydrogens (tertiary/aromatic N) is 7. The van der Waals surface area contributed by atoms with Gasteiger partial charge in [0.15, 0.2) is 11.5 Å². The van der Waals surface area contributed by atoms with Crippen LogP contribution in [0.3, 0.4) is 0 Å². The van der Waals surface area contributed by atoms with Crippen molar-refractivity contribution in [1.29, 1.82) is 0 Å². The van der Waals surface area contributed by atoms with Crippen molar-refractivity contribution in [3.05, 3.63) is 83.3 Å². The lowest BCUT2D eigenvalue weighted by atomic mass is 10.0. The summed E-state index contributed by atoms with van der Waals surface area (Å²) in [4.78, 5) is 51.3. The van der Waals surface area contributed by atoms with Crippen molar-refractivity contribution in [2.75, 3.05) is 44.6 Å². The quantitative estimate of drug-likeness (QED) is 0.296. The summed E-state index contributed by atoms with van der Waals surface area (Å²) in [6, 6.07) is 8.42. The van der Waals surface area contributed by atoms with E-state index >= 15 is 0 Å². The third kappa shape index (κ3) is 6.81. The number of carbonyl (C=O) groups excluding carboxylic acids is 3. The standard InChI is InChI=1S/C33H36F3N9O3/c1-3-22-15-24(6-7-25(22)32(48)44-13-11-43(12-14-44)31(47)23-8-10-38-17-23)40-30(46)29-39-18-27(42(29)2)26-20-45(41-28(26)33(34,35)36)19-21-5-4-9-37-16-21/h4-7,9,15-16,18,20,23,38H,3,8,10-14,17,19H2,1-2H3,(H,40,46)/t23-/m1/s1. The fourth-order valence-electron chi connectivity index (χ4n) is 6.23. The number of benzene rings is 1. The third-order valence-corrected chi connectivity index (χ3v) is 8.83. The van der Waals surface area contributed by atoms with E-state index in [1.54, 1.807) is 47.6 Å². The van der Waals surface area contributed by atoms with Crippen LogP contribution in [0.15, 0.2) is 55.1 Å². The number of piperazine rings is 1. The number of rotatable bonds is 8. The summed E-state index contributed by atoms with van der Waals surface area (Å²) in [5.74, 6) is -0.731. The lowest BCUT2D eigenvalue weighted by Crippen LogP contribution is -2.52. The fourth-order valence-corrected chi connectivity index (χ4v) is 6.23. The predicted octanol–water partition coefficient (Wildman–Crippen LogP) is 3.45. The second-order valence-corrected chi connectivity index (χ2v) is 12.0. The van der Waals surface area contributed by atoms with Crippen molar-refractivity contribution in [1.82, 2.24) is 39.4 Å². The average Bonchev–Trinajstić information content (AvgIpc) is 3.85. The normalized spacial score (nSPS) is 16.7. The SMILES string of the molecule is CCc1cc(NC(=O)c2ncc(-c3cn(Cc4cccnc4)nc3C(F)(F)F)n2C)ccc1C(=O)N1CCN(C(=O)[C@@H]2CCNC2)CC1. The number of hydrogen-bond acceptors (Lipinski definition) is 7. The monoisotopic (exact) mass is 663 g/mol. The van der Waals surface area contributed by atoms with Crippen LogP contribution in [0, 0.1) is 5.92 Å². The topological polar surface area (TPSA) is 130 Å². The first-order valence-electron chi connectivity index (χ1n) is 15.8. The maximum Gasteiger partial charge on any atom is 0.435 e. The molecular formula is C33H36F3N9O3. The van der Waals surface area contributed by atoms with Crippen molar-refractivity contribution >= 4 is 23.4 Å². The Morgan fingerprint density at radius 1 is 1.06 bits per heavy atom. The van der Waals surface area contributed by atoms with Gasteiger partial charge in [-0.25, -0.2) is 4.98 Å². The highest BCUT2D eigenvalue weighted by Crippen LogP contribution is 2.36. The van der Waals surface area contributed by atoms with E-state index in [-0.39, 0.29) is 41.4 Å². The van der Waals surface area contributed by atoms with E-state index in [4.69, 9.17) is 0 Å². The lowest BCUT2D eigenvalue weighted by molar-refractivity contribution is -0.141. The van der Waals surface area contributed by atoms with E-state index in [0.717, 1.165) is 18.5 Å². The smallest absolute Gasteiger partial charge is 0.339 e. The molecule has 2 saturated heterocycles. The average molecular weight is 664 g/mol. The van der Waals surface area contributed by atoms with E-state index in [2.05, 4.69) is 25.7 Å². The summed E-state index contributed by atoms with van der Waals surface area (Å²) >= 11 is 0. The number of hydrogen-bond donors (Lipinski definition) is 2. The molecule has 0 bridgehead atoms. The number of amides is 3. The van der Waals surface area contributed by atoms with Gasteiger partial charge in [0, 0.05) is 69.6 Å². The first kappa shape index (κ1) is 32.9. The van der Waals surface area contributed by atoms with Gasteiger partial charge in [0.05, 0.1) is 29.9 Å². The number of imidazole rings is 1. The number of anilines is 1. The van der Waals surface area contributed by atoms with Gasteiger partial charge >= 0.3 is 6.18 Å². The van der Waals surface area contributed by atoms with Gasteiger partial charge in [-0.1, -0.05) is 13.0 Å². The molecule has 0 spiro atoms. The summed E-state index contributed by atoms with van der Waals surface area (Å²) in [6.45, 7) is 5.36. The van der Waals surface area contributed by atoms with Crippen LogP contribution >= 0.6 is 0 Å². The summed E-state index contributed by atoms with van der Waals surface area (Å²) in [7, 11) is 1.47. The molecule has 6 rings (SSSR count). The molecule has 1 atom stereocenters. The number of aryl methyl sites for hydroxylation is 1. The van der Waals surface area contributed by atoms with Gasteiger partial charge in [-0.15, -0.1) is 0 Å². The molecule has 2 N–H and O–H groups in total. The molecule has 0 aliphatic carbocycles. The molecule has 3 aromatic heterocycles. The highest BCUT2D eigenvalue weighted by atomic mass is 19.4. The molecule has 12 nitrogen and oxygen atoms in total. The zero-order chi connectivity index (χ0) is 34.0. The summed E-state index contributed by atoms with van der Waals surface area (Å²) in [6.07, 6.45) is 2.23. The number of halogens is 3. The third-order valence-electron chi connectivity index (χ3n) is 8.83. The van der Waals surface area contributed by atoms with E-state index in [9.17, 15) is 27.6 Å². The molecule has 2 fully saturated rings. The number of carbonyl (C=O) groups is 3. The molecule has 3 amide bonds. The largest absolute Gasteiger partial charge is 0.435 e. The minimum atomic E-state index is -4.74. The van der Waals surface area contributed by atoms with Gasteiger partial charge < -0.3 is 25.0 Å². The van der Waals surface area contributed by atoms with Gasteiger partial charge in [-0.3, -0.25) is 24.0 Å². The fraction of sp³-hybridized carbons (Fsp3) is 0.394. The zero-order valence-corrected chi connectivity index (χ0v) is 26.6. The molecule has 0 radical (unpaired) electrons. The first-order valence-corrected chi connectivity index (χ1v) is 15.8. The lowest BCUT2D eigenvalue weighted by Gasteiger charge is -2.36. The first-order chi connectivity index (χ1) is 23.0. The Labute approximate surface area is 274 Å². The molecule has 0 unspecified atom stereocenters. The van der Waals surface area contributed by atoms with Crippen molar-refractivity contribution in [2.24, 2.45) is 13.0 Å². The molecule has 5 heterocycles. The zero-order valence-electron chi connectivity index (χ0n) is 26.6. The Bertz CT molecular complexity index is 1810. The maximum absolute atomic E-state index is 14.0. The van der Waals surface area contributed by atoms with E-state index in [0.29, 0.717) is 56.0 Å². The number of aromatic nitrogens is 5. The number of alkyl halides is 3. The van der Waals surface area contributed by atoms with Gasteiger partial charge in [-0.05, 0) is 54.8 Å². The molecule has 1 aromatic carbocycles. The minimum Gasteiger partial charge on any atom is -0.339 e. The van der Waals surface area contributed by atoms with Crippen LogP contribution in [0.5, 0.6) is 0 Å². The Balaban J connectivity index is 1.15. The Morgan fingerprint density at radius 2 is 1.83 bits per heavy atom. The Hall–Kier alpha value is -5.05. The van der Waals surface area contributed by atoms with Gasteiger partial charge in [0.1, 0.15) is 0 Å². The van der Waals surface area contributed by atoms with Gasteiger partial charge in [0.25, 0.3) is 11.8 Å². The van der Waals surface area contributed by atoms with Crippen LogP contribution in [0.1, 0.15) is 51.1 Å². The van der Waals surface area contributed by atoms with Crippen molar-refractivity contribution in [3.8, 4) is 11.3 Å². The van der Waals surface area contributed by atoms with Crippen LogP contribution in [0.25, 0.3) is 11.3 Å². The highest BCUT2D eigenvalue weighted by molar-refractivity contribution is 6.03. The summed E-state index contributed by atoms with van der Waals surface area (Å²) in [5, 5.41) is 9.77. The van der Waals surface area contributed by atoms with Gasteiger partial charge in [0.2, 0.25) is 5.91 Å². The molecule has 2 aliphatic heterocycles. The second kappa shape index (κ2) is 13.6. The van der Waals surface area contributed by atoms with Crippen LogP contribution < -0.4 is 10.6 Å². The predicted molar refractivity (Wildman–Crippen MR) is 170 cm³/mol. The molecule has 0 saturated carbocycles. The Morgan fingerprint density at radius 3 is 2.50 bits per heavy atom. The molecule has 48 heavy (non-hydrogen) atoms. The van der Waals surface area contributed by atoms with Crippen LogP contribution in [-0.2, 0) is 31.0 Å². The van der Waals surface area contributed by atoms with Crippen LogP contribution in [0.2, 0.25) is 0 Å². The maximum atomic E-state index is 14.0. The molecule has 15 heteroatoms. The number of nitrogens with one attached hydrogen (secondary N) is 2. The molecule has 4 aromatic rings. The van der Waals surface area contributed by atoms with E-state index in [1.165, 1.54) is 28.7 Å².